The van der Waals surface area contributed by atoms with Gasteiger partial charge in [-0.2, -0.15) is 0 Å². The number of thioether (sulfide) groups is 1. The van der Waals surface area contributed by atoms with Crippen molar-refractivity contribution in [2.24, 2.45) is 0 Å². The molecule has 0 unspecified atom stereocenters. The molecule has 1 aliphatic heterocycles. The fourth-order valence-corrected chi connectivity index (χ4v) is 4.90. The van der Waals surface area contributed by atoms with Crippen LogP contribution in [0.5, 0.6) is 5.75 Å². The van der Waals surface area contributed by atoms with Crippen LogP contribution in [0.3, 0.4) is 0 Å². The summed E-state index contributed by atoms with van der Waals surface area (Å²) < 4.78 is 12.0. The number of halogens is 1. The van der Waals surface area contributed by atoms with Gasteiger partial charge in [0.15, 0.2) is 5.16 Å². The van der Waals surface area contributed by atoms with Crippen molar-refractivity contribution in [1.29, 1.82) is 0 Å². The fraction of sp³-hybridized carbons (Fsp3) is 0.348. The summed E-state index contributed by atoms with van der Waals surface area (Å²) in [4.78, 5) is 32.6. The number of nitrogens with zero attached hydrogens (tertiary/aromatic N) is 3. The summed E-state index contributed by atoms with van der Waals surface area (Å²) in [6, 6.07) is 10.8. The monoisotopic (exact) mass is 473 g/mol. The molecule has 0 saturated carbocycles. The van der Waals surface area contributed by atoms with Crippen LogP contribution in [0.4, 0.5) is 5.69 Å². The maximum atomic E-state index is 13.1. The smallest absolute Gasteiger partial charge is 0.262 e. The number of rotatable bonds is 7. The van der Waals surface area contributed by atoms with E-state index >= 15 is 0 Å². The number of carbonyl (C=O) groups is 1. The number of aromatic nitrogens is 2. The third-order valence-corrected chi connectivity index (χ3v) is 6.63. The molecule has 9 heteroatoms. The van der Waals surface area contributed by atoms with Gasteiger partial charge in [0.2, 0.25) is 5.91 Å². The minimum absolute atomic E-state index is 0.0279. The van der Waals surface area contributed by atoms with Gasteiger partial charge < -0.3 is 14.4 Å². The molecule has 168 valence electrons. The Labute approximate surface area is 195 Å². The minimum atomic E-state index is -0.172. The van der Waals surface area contributed by atoms with Crippen LogP contribution in [0.1, 0.15) is 12.0 Å². The molecule has 1 aromatic heterocycles. The van der Waals surface area contributed by atoms with Crippen molar-refractivity contribution >= 4 is 45.9 Å². The number of amides is 1. The first-order valence-corrected chi connectivity index (χ1v) is 11.7. The van der Waals surface area contributed by atoms with Gasteiger partial charge in [-0.05, 0) is 54.8 Å². The highest BCUT2D eigenvalue weighted by Crippen LogP contribution is 2.31. The van der Waals surface area contributed by atoms with Crippen molar-refractivity contribution in [2.45, 2.75) is 24.5 Å². The zero-order valence-corrected chi connectivity index (χ0v) is 19.5. The molecule has 1 amide bonds. The summed E-state index contributed by atoms with van der Waals surface area (Å²) in [7, 11) is 3.22. The van der Waals surface area contributed by atoms with Crippen LogP contribution in [0.15, 0.2) is 46.3 Å². The highest BCUT2D eigenvalue weighted by Gasteiger charge is 2.24. The first-order chi connectivity index (χ1) is 15.5. The second-order valence-electron chi connectivity index (χ2n) is 7.44. The number of anilines is 1. The molecule has 2 aromatic carbocycles. The Morgan fingerprint density at radius 2 is 2.06 bits per heavy atom. The molecule has 0 fully saturated rings. The maximum absolute atomic E-state index is 13.1. The third-order valence-electron chi connectivity index (χ3n) is 5.43. The highest BCUT2D eigenvalue weighted by molar-refractivity contribution is 7.99. The van der Waals surface area contributed by atoms with Gasteiger partial charge in [-0.1, -0.05) is 23.4 Å². The molecule has 1 aliphatic rings. The number of benzene rings is 2. The van der Waals surface area contributed by atoms with E-state index in [1.807, 2.05) is 18.2 Å². The lowest BCUT2D eigenvalue weighted by atomic mass is 10.0. The van der Waals surface area contributed by atoms with Gasteiger partial charge in [0.05, 0.1) is 36.9 Å². The predicted octanol–water partition coefficient (Wildman–Crippen LogP) is 3.78. The van der Waals surface area contributed by atoms with Crippen LogP contribution >= 0.6 is 23.4 Å². The van der Waals surface area contributed by atoms with Crippen molar-refractivity contribution < 1.29 is 14.3 Å². The van der Waals surface area contributed by atoms with Crippen LogP contribution in [0, 0.1) is 0 Å². The second kappa shape index (κ2) is 9.94. The molecule has 0 bridgehead atoms. The minimum Gasteiger partial charge on any atom is -0.497 e. The third kappa shape index (κ3) is 4.62. The molecular weight excluding hydrogens is 450 g/mol. The van der Waals surface area contributed by atoms with E-state index in [4.69, 9.17) is 21.1 Å². The lowest BCUT2D eigenvalue weighted by Crippen LogP contribution is -2.37. The van der Waals surface area contributed by atoms with Crippen molar-refractivity contribution in [3.8, 4) is 5.75 Å². The zero-order chi connectivity index (χ0) is 22.7. The van der Waals surface area contributed by atoms with Crippen molar-refractivity contribution in [2.75, 3.05) is 38.0 Å². The summed E-state index contributed by atoms with van der Waals surface area (Å²) in [5.41, 5.74) is 2.36. The standard InChI is InChI=1S/C23H24ClN3O4S/c1-30-11-10-27-22(29)18-7-5-16(24)13-19(18)25-23(27)32-14-21(28)26-9-3-4-15-12-17(31-2)6-8-20(15)26/h5-8,12-13H,3-4,9-11,14H2,1-2H3. The van der Waals surface area contributed by atoms with E-state index < -0.39 is 0 Å². The molecule has 0 radical (unpaired) electrons. The van der Waals surface area contributed by atoms with Crippen LogP contribution in [-0.4, -0.2) is 48.6 Å². The average Bonchev–Trinajstić information content (AvgIpc) is 2.81. The predicted molar refractivity (Wildman–Crippen MR) is 127 cm³/mol. The van der Waals surface area contributed by atoms with Gasteiger partial charge in [0.1, 0.15) is 5.75 Å². The molecule has 0 atom stereocenters. The molecule has 0 saturated heterocycles. The topological polar surface area (TPSA) is 73.7 Å². The first-order valence-electron chi connectivity index (χ1n) is 10.3. The molecule has 2 heterocycles. The number of fused-ring (bicyclic) bond motifs is 2. The Kier molecular flexibility index (Phi) is 7.03. The highest BCUT2D eigenvalue weighted by atomic mass is 35.5. The zero-order valence-electron chi connectivity index (χ0n) is 18.0. The van der Waals surface area contributed by atoms with Crippen LogP contribution in [-0.2, 0) is 22.5 Å². The van der Waals surface area contributed by atoms with E-state index in [2.05, 4.69) is 4.98 Å². The lowest BCUT2D eigenvalue weighted by molar-refractivity contribution is -0.116. The van der Waals surface area contributed by atoms with Gasteiger partial charge in [0, 0.05) is 24.4 Å². The fourth-order valence-electron chi connectivity index (χ4n) is 3.83. The Hall–Kier alpha value is -2.55. The van der Waals surface area contributed by atoms with Gasteiger partial charge in [-0.25, -0.2) is 4.98 Å². The van der Waals surface area contributed by atoms with Gasteiger partial charge in [0.25, 0.3) is 5.56 Å². The SMILES string of the molecule is COCCn1c(SCC(=O)N2CCCc3cc(OC)ccc32)nc2cc(Cl)ccc2c1=O. The summed E-state index contributed by atoms with van der Waals surface area (Å²) in [6.45, 7) is 1.38. The van der Waals surface area contributed by atoms with E-state index in [0.717, 1.165) is 29.8 Å². The summed E-state index contributed by atoms with van der Waals surface area (Å²) in [6.07, 6.45) is 1.80. The van der Waals surface area contributed by atoms with Crippen LogP contribution in [0.25, 0.3) is 10.9 Å². The molecule has 7 nitrogen and oxygen atoms in total. The molecule has 3 aromatic rings. The van der Waals surface area contributed by atoms with Gasteiger partial charge in [-0.15, -0.1) is 0 Å². The number of carbonyl (C=O) groups excluding carboxylic acids is 1. The summed E-state index contributed by atoms with van der Waals surface area (Å²) in [5, 5.41) is 1.47. The Bertz CT molecular complexity index is 1210. The van der Waals surface area contributed by atoms with E-state index in [0.29, 0.717) is 40.8 Å². The summed E-state index contributed by atoms with van der Waals surface area (Å²) >= 11 is 7.35. The van der Waals surface area contributed by atoms with Gasteiger partial charge >= 0.3 is 0 Å². The largest absolute Gasteiger partial charge is 0.497 e. The molecule has 0 aliphatic carbocycles. The van der Waals surface area contributed by atoms with E-state index in [1.54, 1.807) is 41.9 Å². The van der Waals surface area contributed by atoms with Crippen LogP contribution < -0.4 is 15.2 Å². The van der Waals surface area contributed by atoms with E-state index in [-0.39, 0.29) is 17.2 Å². The number of aryl methyl sites for hydroxylation is 1. The average molecular weight is 474 g/mol. The van der Waals surface area contributed by atoms with E-state index in [9.17, 15) is 9.59 Å². The van der Waals surface area contributed by atoms with Crippen LogP contribution in [0.2, 0.25) is 5.02 Å². The maximum Gasteiger partial charge on any atom is 0.262 e. The molecule has 0 N–H and O–H groups in total. The van der Waals surface area contributed by atoms with Gasteiger partial charge in [-0.3, -0.25) is 14.2 Å². The molecule has 32 heavy (non-hydrogen) atoms. The lowest BCUT2D eigenvalue weighted by Gasteiger charge is -2.29. The molecule has 4 rings (SSSR count). The Morgan fingerprint density at radius 3 is 2.84 bits per heavy atom. The number of hydrogen-bond acceptors (Lipinski definition) is 6. The van der Waals surface area contributed by atoms with Crippen molar-refractivity contribution in [1.82, 2.24) is 9.55 Å². The number of ether oxygens (including phenoxy) is 2. The Balaban J connectivity index is 1.60. The summed E-state index contributed by atoms with van der Waals surface area (Å²) in [5.74, 6) is 0.921. The Morgan fingerprint density at radius 1 is 1.22 bits per heavy atom. The van der Waals surface area contributed by atoms with E-state index in [1.165, 1.54) is 11.8 Å². The molecular formula is C23H24ClN3O4S. The number of methoxy groups -OCH3 is 2. The number of hydrogen-bond donors (Lipinski definition) is 0. The first kappa shape index (κ1) is 22.6. The second-order valence-corrected chi connectivity index (χ2v) is 8.82. The van der Waals surface area contributed by atoms with Crippen molar-refractivity contribution in [3.05, 3.63) is 57.3 Å². The molecule has 0 spiro atoms. The normalized spacial score (nSPS) is 13.3. The van der Waals surface area contributed by atoms with Crippen molar-refractivity contribution in [3.63, 3.8) is 0 Å². The quantitative estimate of drug-likeness (QED) is 0.384.